The van der Waals surface area contributed by atoms with E-state index >= 15 is 0 Å². The van der Waals surface area contributed by atoms with Crippen LogP contribution in [0.25, 0.3) is 0 Å². The number of halogens is 1. The molecule has 4 heteroatoms. The zero-order valence-electron chi connectivity index (χ0n) is 11.9. The van der Waals surface area contributed by atoms with E-state index in [9.17, 15) is 0 Å². The van der Waals surface area contributed by atoms with Crippen molar-refractivity contribution in [2.45, 2.75) is 19.1 Å². The molecule has 0 saturated carbocycles. The third-order valence-electron chi connectivity index (χ3n) is 3.54. The number of rotatable bonds is 5. The lowest BCUT2D eigenvalue weighted by Crippen LogP contribution is -2.23. The highest BCUT2D eigenvalue weighted by Crippen LogP contribution is 2.31. The molecule has 0 fully saturated rings. The summed E-state index contributed by atoms with van der Waals surface area (Å²) in [4.78, 5) is 0. The van der Waals surface area contributed by atoms with Gasteiger partial charge in [0.05, 0.1) is 13.2 Å². The van der Waals surface area contributed by atoms with E-state index < -0.39 is 0 Å². The van der Waals surface area contributed by atoms with Crippen LogP contribution >= 0.6 is 15.9 Å². The summed E-state index contributed by atoms with van der Waals surface area (Å²) in [7, 11) is 1.71. The van der Waals surface area contributed by atoms with E-state index in [2.05, 4.69) is 45.5 Å². The van der Waals surface area contributed by atoms with Gasteiger partial charge in [-0.1, -0.05) is 28.1 Å². The van der Waals surface area contributed by atoms with E-state index in [-0.39, 0.29) is 6.10 Å². The van der Waals surface area contributed by atoms with Crippen LogP contribution in [0.3, 0.4) is 0 Å². The van der Waals surface area contributed by atoms with Crippen LogP contribution in [0.2, 0.25) is 0 Å². The lowest BCUT2D eigenvalue weighted by atomic mass is 10.1. The molecule has 0 spiro atoms. The summed E-state index contributed by atoms with van der Waals surface area (Å²) in [5.41, 5.74) is 3.54. The summed E-state index contributed by atoms with van der Waals surface area (Å²) in [5, 5.41) is 3.44. The fraction of sp³-hybridized carbons (Fsp3) is 0.294. The summed E-state index contributed by atoms with van der Waals surface area (Å²) >= 11 is 3.50. The van der Waals surface area contributed by atoms with Crippen LogP contribution in [-0.2, 0) is 17.8 Å². The smallest absolute Gasteiger partial charge is 0.123 e. The molecule has 1 aliphatic rings. The number of fused-ring (bicyclic) bond motifs is 1. The standard InChI is InChI=1S/C17H18BrNO2/c1-20-11-12-3-2-4-15(7-12)19-10-16-9-13-8-14(18)5-6-17(13)21-16/h2-8,16,19H,9-11H2,1H3. The lowest BCUT2D eigenvalue weighted by Gasteiger charge is -2.13. The summed E-state index contributed by atoms with van der Waals surface area (Å²) in [6.07, 6.45) is 1.12. The van der Waals surface area contributed by atoms with Crippen LogP contribution in [0.1, 0.15) is 11.1 Å². The van der Waals surface area contributed by atoms with E-state index in [0.717, 1.165) is 28.9 Å². The minimum atomic E-state index is 0.181. The Morgan fingerprint density at radius 3 is 3.05 bits per heavy atom. The van der Waals surface area contributed by atoms with Crippen LogP contribution in [0.5, 0.6) is 5.75 Å². The maximum absolute atomic E-state index is 5.95. The van der Waals surface area contributed by atoms with Gasteiger partial charge < -0.3 is 14.8 Å². The molecule has 3 nitrogen and oxygen atoms in total. The second-order valence-electron chi connectivity index (χ2n) is 5.21. The normalized spacial score (nSPS) is 16.4. The molecule has 21 heavy (non-hydrogen) atoms. The molecule has 0 aliphatic carbocycles. The van der Waals surface area contributed by atoms with E-state index in [1.54, 1.807) is 7.11 Å². The van der Waals surface area contributed by atoms with Crippen molar-refractivity contribution < 1.29 is 9.47 Å². The molecule has 2 aromatic rings. The lowest BCUT2D eigenvalue weighted by molar-refractivity contribution is 0.185. The van der Waals surface area contributed by atoms with Gasteiger partial charge in [0.2, 0.25) is 0 Å². The molecule has 2 aromatic carbocycles. The third kappa shape index (κ3) is 3.57. The second-order valence-corrected chi connectivity index (χ2v) is 6.13. The highest BCUT2D eigenvalue weighted by Gasteiger charge is 2.22. The summed E-state index contributed by atoms with van der Waals surface area (Å²) < 4.78 is 12.2. The van der Waals surface area contributed by atoms with Gasteiger partial charge in [-0.3, -0.25) is 0 Å². The van der Waals surface area contributed by atoms with Gasteiger partial charge in [0, 0.05) is 23.7 Å². The first kappa shape index (κ1) is 14.4. The van der Waals surface area contributed by atoms with E-state index in [1.807, 2.05) is 18.2 Å². The van der Waals surface area contributed by atoms with Gasteiger partial charge in [0.25, 0.3) is 0 Å². The third-order valence-corrected chi connectivity index (χ3v) is 4.03. The number of benzene rings is 2. The zero-order valence-corrected chi connectivity index (χ0v) is 13.5. The second kappa shape index (κ2) is 6.50. The predicted octanol–water partition coefficient (Wildman–Crippen LogP) is 4.01. The van der Waals surface area contributed by atoms with Crippen molar-refractivity contribution in [3.8, 4) is 5.75 Å². The average molecular weight is 348 g/mol. The molecule has 0 saturated heterocycles. The minimum absolute atomic E-state index is 0.181. The topological polar surface area (TPSA) is 30.5 Å². The van der Waals surface area contributed by atoms with E-state index in [0.29, 0.717) is 6.61 Å². The van der Waals surface area contributed by atoms with E-state index in [4.69, 9.17) is 9.47 Å². The highest BCUT2D eigenvalue weighted by molar-refractivity contribution is 9.10. The Morgan fingerprint density at radius 1 is 1.29 bits per heavy atom. The molecule has 1 heterocycles. The minimum Gasteiger partial charge on any atom is -0.488 e. The Morgan fingerprint density at radius 2 is 2.19 bits per heavy atom. The number of hydrogen-bond donors (Lipinski definition) is 1. The molecule has 0 bridgehead atoms. The Kier molecular flexibility index (Phi) is 4.46. The van der Waals surface area contributed by atoms with Gasteiger partial charge in [-0.2, -0.15) is 0 Å². The first-order valence-corrected chi connectivity index (χ1v) is 7.81. The van der Waals surface area contributed by atoms with Gasteiger partial charge >= 0.3 is 0 Å². The monoisotopic (exact) mass is 347 g/mol. The molecule has 0 aromatic heterocycles. The Hall–Kier alpha value is -1.52. The Bertz CT molecular complexity index is 630. The van der Waals surface area contributed by atoms with Gasteiger partial charge in [-0.25, -0.2) is 0 Å². The molecule has 0 radical (unpaired) electrons. The largest absolute Gasteiger partial charge is 0.488 e. The fourth-order valence-corrected chi connectivity index (χ4v) is 2.98. The number of hydrogen-bond acceptors (Lipinski definition) is 3. The SMILES string of the molecule is COCc1cccc(NCC2Cc3cc(Br)ccc3O2)c1. The number of nitrogens with one attached hydrogen (secondary N) is 1. The molecule has 1 atom stereocenters. The number of anilines is 1. The van der Waals surface area contributed by atoms with Crippen molar-refractivity contribution in [3.63, 3.8) is 0 Å². The quantitative estimate of drug-likeness (QED) is 0.886. The zero-order chi connectivity index (χ0) is 14.7. The highest BCUT2D eigenvalue weighted by atomic mass is 79.9. The molecular formula is C17H18BrNO2. The first-order valence-electron chi connectivity index (χ1n) is 7.01. The Balaban J connectivity index is 1.58. The van der Waals surface area contributed by atoms with Crippen molar-refractivity contribution in [1.82, 2.24) is 0 Å². The Labute approximate surface area is 133 Å². The van der Waals surface area contributed by atoms with E-state index in [1.165, 1.54) is 11.1 Å². The fourth-order valence-electron chi connectivity index (χ4n) is 2.57. The van der Waals surface area contributed by atoms with Crippen molar-refractivity contribution >= 4 is 21.6 Å². The van der Waals surface area contributed by atoms with Crippen molar-refractivity contribution in [3.05, 3.63) is 58.1 Å². The summed E-state index contributed by atoms with van der Waals surface area (Å²) in [6.45, 7) is 1.43. The van der Waals surface area contributed by atoms with Crippen LogP contribution in [0, 0.1) is 0 Å². The molecule has 110 valence electrons. The van der Waals surface area contributed by atoms with Gasteiger partial charge in [-0.05, 0) is 41.5 Å². The molecular weight excluding hydrogens is 330 g/mol. The van der Waals surface area contributed by atoms with Crippen LogP contribution in [0.4, 0.5) is 5.69 Å². The molecule has 1 unspecified atom stereocenters. The first-order chi connectivity index (χ1) is 10.2. The maximum Gasteiger partial charge on any atom is 0.123 e. The van der Waals surface area contributed by atoms with Gasteiger partial charge in [0.15, 0.2) is 0 Å². The van der Waals surface area contributed by atoms with Gasteiger partial charge in [0.1, 0.15) is 11.9 Å². The van der Waals surface area contributed by atoms with Crippen molar-refractivity contribution in [1.29, 1.82) is 0 Å². The summed E-state index contributed by atoms with van der Waals surface area (Å²) in [5.74, 6) is 0.998. The van der Waals surface area contributed by atoms with Crippen molar-refractivity contribution in [2.75, 3.05) is 19.0 Å². The number of ether oxygens (including phenoxy) is 2. The molecule has 1 aliphatic heterocycles. The van der Waals surface area contributed by atoms with Crippen molar-refractivity contribution in [2.24, 2.45) is 0 Å². The predicted molar refractivity (Wildman–Crippen MR) is 87.9 cm³/mol. The molecule has 0 amide bonds. The van der Waals surface area contributed by atoms with Crippen LogP contribution in [0.15, 0.2) is 46.9 Å². The average Bonchev–Trinajstić information content (AvgIpc) is 2.88. The maximum atomic E-state index is 5.95. The van der Waals surface area contributed by atoms with Crippen LogP contribution < -0.4 is 10.1 Å². The van der Waals surface area contributed by atoms with Crippen LogP contribution in [-0.4, -0.2) is 19.8 Å². The van der Waals surface area contributed by atoms with Gasteiger partial charge in [-0.15, -0.1) is 0 Å². The summed E-state index contributed by atoms with van der Waals surface area (Å²) in [6, 6.07) is 14.5. The molecule has 3 rings (SSSR count). The number of methoxy groups -OCH3 is 1. The molecule has 1 N–H and O–H groups in total.